The Bertz CT molecular complexity index is 520. The monoisotopic (exact) mass is 320 g/mol. The van der Waals surface area contributed by atoms with E-state index in [0.717, 1.165) is 44.3 Å². The molecule has 2 N–H and O–H groups in total. The lowest BCUT2D eigenvalue weighted by Crippen LogP contribution is -2.46. The van der Waals surface area contributed by atoms with Crippen molar-refractivity contribution in [1.29, 1.82) is 0 Å². The highest BCUT2D eigenvalue weighted by Gasteiger charge is 2.31. The molecule has 2 heterocycles. The van der Waals surface area contributed by atoms with Gasteiger partial charge in [0.1, 0.15) is 5.82 Å². The maximum absolute atomic E-state index is 13.0. The molecule has 0 unspecified atom stereocenters. The van der Waals surface area contributed by atoms with E-state index in [4.69, 9.17) is 0 Å². The fourth-order valence-corrected chi connectivity index (χ4v) is 3.69. The molecule has 0 aliphatic carbocycles. The molecular formula is C18H25FN2O2. The van der Waals surface area contributed by atoms with Gasteiger partial charge in [-0.3, -0.25) is 4.79 Å². The molecule has 2 fully saturated rings. The summed E-state index contributed by atoms with van der Waals surface area (Å²) in [5.74, 6) is 0.214. The number of aliphatic hydroxyl groups excluding tert-OH is 1. The van der Waals surface area contributed by atoms with Gasteiger partial charge < -0.3 is 15.3 Å². The van der Waals surface area contributed by atoms with E-state index in [-0.39, 0.29) is 23.6 Å². The zero-order valence-corrected chi connectivity index (χ0v) is 13.4. The zero-order chi connectivity index (χ0) is 16.2. The van der Waals surface area contributed by atoms with Gasteiger partial charge >= 0.3 is 0 Å². The van der Waals surface area contributed by atoms with Crippen LogP contribution in [0.4, 0.5) is 4.39 Å². The van der Waals surface area contributed by atoms with Crippen molar-refractivity contribution >= 4 is 5.91 Å². The Morgan fingerprint density at radius 2 is 1.91 bits per heavy atom. The van der Waals surface area contributed by atoms with Gasteiger partial charge in [0, 0.05) is 19.6 Å². The highest BCUT2D eigenvalue weighted by Crippen LogP contribution is 2.31. The largest absolute Gasteiger partial charge is 0.388 e. The van der Waals surface area contributed by atoms with Crippen molar-refractivity contribution in [2.45, 2.75) is 31.8 Å². The summed E-state index contributed by atoms with van der Waals surface area (Å²) in [6, 6.07) is 6.05. The molecule has 1 aromatic rings. The van der Waals surface area contributed by atoms with Crippen LogP contribution in [0.15, 0.2) is 24.3 Å². The van der Waals surface area contributed by atoms with Crippen LogP contribution in [-0.2, 0) is 4.79 Å². The Morgan fingerprint density at radius 3 is 2.52 bits per heavy atom. The van der Waals surface area contributed by atoms with Gasteiger partial charge in [-0.25, -0.2) is 4.39 Å². The van der Waals surface area contributed by atoms with Gasteiger partial charge in [-0.2, -0.15) is 0 Å². The van der Waals surface area contributed by atoms with Crippen molar-refractivity contribution < 1.29 is 14.3 Å². The summed E-state index contributed by atoms with van der Waals surface area (Å²) in [6.45, 7) is 3.21. The van der Waals surface area contributed by atoms with Crippen molar-refractivity contribution in [3.63, 3.8) is 0 Å². The normalized spacial score (nSPS) is 24.4. The van der Waals surface area contributed by atoms with Gasteiger partial charge in [0.15, 0.2) is 0 Å². The molecule has 2 aliphatic rings. The number of benzene rings is 1. The van der Waals surface area contributed by atoms with Crippen LogP contribution in [0.25, 0.3) is 0 Å². The summed E-state index contributed by atoms with van der Waals surface area (Å²) in [7, 11) is 0. The van der Waals surface area contributed by atoms with E-state index >= 15 is 0 Å². The highest BCUT2D eigenvalue weighted by molar-refractivity contribution is 5.79. The second-order valence-corrected chi connectivity index (χ2v) is 6.70. The zero-order valence-electron chi connectivity index (χ0n) is 13.4. The molecule has 2 aliphatic heterocycles. The molecule has 0 saturated carbocycles. The molecule has 126 valence electrons. The number of hydrogen-bond donors (Lipinski definition) is 2. The molecule has 1 amide bonds. The molecule has 23 heavy (non-hydrogen) atoms. The number of carbonyl (C=O) groups excluding carboxylic acids is 1. The van der Waals surface area contributed by atoms with Gasteiger partial charge in [-0.15, -0.1) is 0 Å². The van der Waals surface area contributed by atoms with E-state index in [0.29, 0.717) is 13.1 Å². The Morgan fingerprint density at radius 1 is 1.22 bits per heavy atom. The van der Waals surface area contributed by atoms with Gasteiger partial charge in [-0.05, 0) is 55.8 Å². The standard InChI is InChI=1S/C18H25FN2O2/c19-16-5-3-13(4-6-16)17(22)14-7-10-21(11-8-14)18(23)15-2-1-9-20-12-15/h3-6,14-15,17,20,22H,1-2,7-12H2/t15-,17-/m0/s1. The van der Waals surface area contributed by atoms with Crippen molar-refractivity contribution in [2.24, 2.45) is 11.8 Å². The molecule has 2 saturated heterocycles. The predicted molar refractivity (Wildman–Crippen MR) is 86.3 cm³/mol. The van der Waals surface area contributed by atoms with E-state index in [9.17, 15) is 14.3 Å². The third-order valence-electron chi connectivity index (χ3n) is 5.16. The van der Waals surface area contributed by atoms with Gasteiger partial charge in [-0.1, -0.05) is 12.1 Å². The lowest BCUT2D eigenvalue weighted by Gasteiger charge is -2.37. The van der Waals surface area contributed by atoms with Crippen LogP contribution < -0.4 is 5.32 Å². The minimum atomic E-state index is -0.579. The number of nitrogens with one attached hydrogen (secondary N) is 1. The van der Waals surface area contributed by atoms with E-state index in [1.165, 1.54) is 12.1 Å². The number of amides is 1. The second kappa shape index (κ2) is 7.41. The molecule has 4 nitrogen and oxygen atoms in total. The van der Waals surface area contributed by atoms with Crippen LogP contribution in [0.1, 0.15) is 37.4 Å². The smallest absolute Gasteiger partial charge is 0.226 e. The van der Waals surface area contributed by atoms with E-state index in [2.05, 4.69) is 5.32 Å². The maximum Gasteiger partial charge on any atom is 0.226 e. The minimum absolute atomic E-state index is 0.113. The number of piperidine rings is 2. The SMILES string of the molecule is O=C([C@H]1CCCNC1)N1CCC([C@@H](O)c2ccc(F)cc2)CC1. The molecule has 3 rings (SSSR count). The van der Waals surface area contributed by atoms with E-state index in [1.807, 2.05) is 4.90 Å². The summed E-state index contributed by atoms with van der Waals surface area (Å²) >= 11 is 0. The van der Waals surface area contributed by atoms with Gasteiger partial charge in [0.25, 0.3) is 0 Å². The van der Waals surface area contributed by atoms with Gasteiger partial charge in [0.2, 0.25) is 5.91 Å². The Balaban J connectivity index is 1.53. The van der Waals surface area contributed by atoms with Crippen LogP contribution in [0.3, 0.4) is 0 Å². The summed E-state index contributed by atoms with van der Waals surface area (Å²) in [5, 5.41) is 13.8. The van der Waals surface area contributed by atoms with Crippen molar-refractivity contribution in [1.82, 2.24) is 10.2 Å². The molecule has 0 aromatic heterocycles. The minimum Gasteiger partial charge on any atom is -0.388 e. The first-order chi connectivity index (χ1) is 11.1. The molecule has 0 spiro atoms. The first-order valence-electron chi connectivity index (χ1n) is 8.58. The van der Waals surface area contributed by atoms with Crippen LogP contribution in [0.5, 0.6) is 0 Å². The average Bonchev–Trinajstić information content (AvgIpc) is 2.62. The van der Waals surface area contributed by atoms with Gasteiger partial charge in [0.05, 0.1) is 12.0 Å². The lowest BCUT2D eigenvalue weighted by atomic mass is 9.86. The third-order valence-corrected chi connectivity index (χ3v) is 5.16. The van der Waals surface area contributed by atoms with E-state index < -0.39 is 6.10 Å². The summed E-state index contributed by atoms with van der Waals surface area (Å²) < 4.78 is 13.0. The Hall–Kier alpha value is -1.46. The fourth-order valence-electron chi connectivity index (χ4n) is 3.69. The fraction of sp³-hybridized carbons (Fsp3) is 0.611. The Labute approximate surface area is 136 Å². The molecule has 0 bridgehead atoms. The van der Waals surface area contributed by atoms with Crippen molar-refractivity contribution in [3.8, 4) is 0 Å². The molecule has 1 aromatic carbocycles. The van der Waals surface area contributed by atoms with Crippen molar-refractivity contribution in [2.75, 3.05) is 26.2 Å². The van der Waals surface area contributed by atoms with Crippen LogP contribution >= 0.6 is 0 Å². The first-order valence-corrected chi connectivity index (χ1v) is 8.58. The van der Waals surface area contributed by atoms with Crippen LogP contribution in [-0.4, -0.2) is 42.1 Å². The second-order valence-electron chi connectivity index (χ2n) is 6.70. The lowest BCUT2D eigenvalue weighted by molar-refractivity contribution is -0.138. The molecule has 0 radical (unpaired) electrons. The average molecular weight is 320 g/mol. The molecule has 5 heteroatoms. The van der Waals surface area contributed by atoms with Crippen LogP contribution in [0, 0.1) is 17.7 Å². The number of carbonyl (C=O) groups is 1. The van der Waals surface area contributed by atoms with E-state index in [1.54, 1.807) is 12.1 Å². The topological polar surface area (TPSA) is 52.6 Å². The Kier molecular flexibility index (Phi) is 5.28. The number of rotatable bonds is 3. The summed E-state index contributed by atoms with van der Waals surface area (Å²) in [6.07, 6.45) is 3.05. The number of halogens is 1. The number of likely N-dealkylation sites (tertiary alicyclic amines) is 1. The molecule has 2 atom stereocenters. The first kappa shape index (κ1) is 16.4. The number of hydrogen-bond acceptors (Lipinski definition) is 3. The third kappa shape index (κ3) is 3.90. The predicted octanol–water partition coefficient (Wildman–Crippen LogP) is 2.10. The van der Waals surface area contributed by atoms with Crippen LogP contribution in [0.2, 0.25) is 0 Å². The van der Waals surface area contributed by atoms with Crippen molar-refractivity contribution in [3.05, 3.63) is 35.6 Å². The quantitative estimate of drug-likeness (QED) is 0.897. The molecular weight excluding hydrogens is 295 g/mol. The maximum atomic E-state index is 13.0. The highest BCUT2D eigenvalue weighted by atomic mass is 19.1. The number of aliphatic hydroxyl groups is 1. The number of nitrogens with zero attached hydrogens (tertiary/aromatic N) is 1. The summed E-state index contributed by atoms with van der Waals surface area (Å²) in [4.78, 5) is 14.5. The summed E-state index contributed by atoms with van der Waals surface area (Å²) in [5.41, 5.74) is 0.757.